The van der Waals surface area contributed by atoms with Crippen LogP contribution in [0.3, 0.4) is 0 Å². The molecule has 8 nitrogen and oxygen atoms in total. The van der Waals surface area contributed by atoms with E-state index in [0.29, 0.717) is 24.2 Å². The summed E-state index contributed by atoms with van der Waals surface area (Å²) in [5.74, 6) is -0.282. The molecule has 0 aliphatic heterocycles. The van der Waals surface area contributed by atoms with E-state index in [4.69, 9.17) is 27.8 Å². The zero-order valence-corrected chi connectivity index (χ0v) is 18.6. The van der Waals surface area contributed by atoms with Crippen LogP contribution in [-0.4, -0.2) is 42.9 Å². The molecule has 0 unspecified atom stereocenters. The van der Waals surface area contributed by atoms with Gasteiger partial charge in [0.1, 0.15) is 11.4 Å². The number of hydrogen-bond acceptors (Lipinski definition) is 6. The van der Waals surface area contributed by atoms with E-state index < -0.39 is 17.6 Å². The van der Waals surface area contributed by atoms with Gasteiger partial charge in [-0.1, -0.05) is 12.5 Å². The highest BCUT2D eigenvalue weighted by atomic mass is 35.5. The summed E-state index contributed by atoms with van der Waals surface area (Å²) >= 11 is 5.37. The average Bonchev–Trinajstić information content (AvgIpc) is 2.65. The van der Waals surface area contributed by atoms with Gasteiger partial charge in [-0.3, -0.25) is 9.59 Å². The summed E-state index contributed by atoms with van der Waals surface area (Å²) in [7, 11) is 1.50. The molecule has 0 aliphatic carbocycles. The van der Waals surface area contributed by atoms with Gasteiger partial charge in [0, 0.05) is 24.2 Å². The molecule has 0 atom stereocenters. The highest BCUT2D eigenvalue weighted by Gasteiger charge is 2.15. The smallest absolute Gasteiger partial charge is 0.407 e. The maximum absolute atomic E-state index is 11.2. The number of ether oxygens (including phenoxy) is 1. The molecule has 0 aliphatic rings. The molecule has 7 N–H and O–H groups in total. The number of carbonyl (C=O) groups excluding carboxylic acids is 3. The van der Waals surface area contributed by atoms with Crippen molar-refractivity contribution in [2.45, 2.75) is 52.1 Å². The largest absolute Gasteiger partial charge is 0.444 e. The fraction of sp³-hybridized carbons (Fsp3) is 0.550. The number of rotatable bonds is 8. The predicted octanol–water partition coefficient (Wildman–Crippen LogP) is 2.82. The van der Waals surface area contributed by atoms with Crippen molar-refractivity contribution in [1.29, 1.82) is 0 Å². The number of halogens is 1. The van der Waals surface area contributed by atoms with E-state index in [9.17, 15) is 14.4 Å². The SMILES string of the molecule is CC(C)(C)OC(=O)NCCCCCC(=O)CCl.CN.NC(=O)c1cccc(N)c1. The Balaban J connectivity index is 0. The minimum absolute atomic E-state index is 0.0757. The van der Waals surface area contributed by atoms with E-state index in [0.717, 1.165) is 19.3 Å². The highest BCUT2D eigenvalue weighted by Crippen LogP contribution is 2.07. The average molecular weight is 431 g/mol. The third-order valence-electron chi connectivity index (χ3n) is 3.12. The van der Waals surface area contributed by atoms with Crippen molar-refractivity contribution in [3.63, 3.8) is 0 Å². The number of unbranched alkanes of at least 4 members (excludes halogenated alkanes) is 2. The molecule has 0 saturated carbocycles. The zero-order chi connectivity index (χ0) is 22.9. The van der Waals surface area contributed by atoms with Crippen LogP contribution in [0, 0.1) is 0 Å². The van der Waals surface area contributed by atoms with Crippen molar-refractivity contribution in [2.24, 2.45) is 11.5 Å². The summed E-state index contributed by atoms with van der Waals surface area (Å²) in [5.41, 5.74) is 15.4. The van der Waals surface area contributed by atoms with Crippen LogP contribution in [0.25, 0.3) is 0 Å². The van der Waals surface area contributed by atoms with Crippen molar-refractivity contribution in [1.82, 2.24) is 5.32 Å². The fourth-order valence-corrected chi connectivity index (χ4v) is 2.02. The molecule has 9 heteroatoms. The van der Waals surface area contributed by atoms with Crippen LogP contribution in [0.1, 0.15) is 56.8 Å². The number of carbonyl (C=O) groups is 3. The van der Waals surface area contributed by atoms with E-state index in [2.05, 4.69) is 11.1 Å². The number of anilines is 1. The van der Waals surface area contributed by atoms with Gasteiger partial charge >= 0.3 is 6.09 Å². The number of hydrogen-bond donors (Lipinski definition) is 4. The molecule has 0 saturated heterocycles. The molecule has 29 heavy (non-hydrogen) atoms. The zero-order valence-electron chi connectivity index (χ0n) is 17.8. The summed E-state index contributed by atoms with van der Waals surface area (Å²) in [5, 5.41) is 2.67. The lowest BCUT2D eigenvalue weighted by Gasteiger charge is -2.19. The Morgan fingerprint density at radius 1 is 1.10 bits per heavy atom. The van der Waals surface area contributed by atoms with E-state index in [1.807, 2.05) is 20.8 Å². The predicted molar refractivity (Wildman–Crippen MR) is 118 cm³/mol. The van der Waals surface area contributed by atoms with Gasteiger partial charge in [-0.25, -0.2) is 4.79 Å². The minimum Gasteiger partial charge on any atom is -0.444 e. The first-order valence-corrected chi connectivity index (χ1v) is 9.86. The van der Waals surface area contributed by atoms with Crippen molar-refractivity contribution in [3.8, 4) is 0 Å². The Hall–Kier alpha value is -2.32. The maximum Gasteiger partial charge on any atom is 0.407 e. The molecule has 0 spiro atoms. The number of ketones is 1. The molecule has 2 amide bonds. The molecule has 0 fully saturated rings. The molecule has 1 aromatic carbocycles. The molecule has 0 radical (unpaired) electrons. The number of primary amides is 1. The van der Waals surface area contributed by atoms with Crippen molar-refractivity contribution < 1.29 is 19.1 Å². The number of nitrogens with one attached hydrogen (secondary N) is 1. The third-order valence-corrected chi connectivity index (χ3v) is 3.42. The van der Waals surface area contributed by atoms with Gasteiger partial charge < -0.3 is 27.3 Å². The lowest BCUT2D eigenvalue weighted by molar-refractivity contribution is -0.116. The quantitative estimate of drug-likeness (QED) is 0.283. The highest BCUT2D eigenvalue weighted by molar-refractivity contribution is 6.27. The first-order chi connectivity index (χ1) is 13.5. The van der Waals surface area contributed by atoms with Gasteiger partial charge in [-0.2, -0.15) is 0 Å². The van der Waals surface area contributed by atoms with Crippen LogP contribution in [0.5, 0.6) is 0 Å². The molecule has 0 bridgehead atoms. The van der Waals surface area contributed by atoms with Crippen molar-refractivity contribution in [2.75, 3.05) is 25.2 Å². The van der Waals surface area contributed by atoms with Gasteiger partial charge in [0.25, 0.3) is 0 Å². The first-order valence-electron chi connectivity index (χ1n) is 9.32. The molecular weight excluding hydrogens is 396 g/mol. The molecular formula is C20H35ClN4O4. The second-order valence-electron chi connectivity index (χ2n) is 6.90. The van der Waals surface area contributed by atoms with E-state index in [1.165, 1.54) is 7.05 Å². The number of amides is 2. The van der Waals surface area contributed by atoms with Crippen LogP contribution in [0.2, 0.25) is 0 Å². The van der Waals surface area contributed by atoms with Crippen LogP contribution >= 0.6 is 11.6 Å². The number of nitrogens with two attached hydrogens (primary N) is 3. The first kappa shape index (κ1) is 28.9. The molecule has 166 valence electrons. The lowest BCUT2D eigenvalue weighted by atomic mass is 10.1. The van der Waals surface area contributed by atoms with E-state index in [1.54, 1.807) is 24.3 Å². The molecule has 1 aromatic rings. The van der Waals surface area contributed by atoms with Crippen LogP contribution in [0.4, 0.5) is 10.5 Å². The Morgan fingerprint density at radius 2 is 1.72 bits per heavy atom. The van der Waals surface area contributed by atoms with Gasteiger partial charge in [-0.05, 0) is 58.9 Å². The van der Waals surface area contributed by atoms with Crippen molar-refractivity contribution >= 4 is 35.1 Å². The Bertz CT molecular complexity index is 619. The van der Waals surface area contributed by atoms with Crippen LogP contribution in [-0.2, 0) is 9.53 Å². The number of benzene rings is 1. The Labute approximate surface area is 178 Å². The standard InChI is InChI=1S/C12H22ClNO3.C7H8N2O.CH5N/c1-12(2,3)17-11(16)14-8-6-4-5-7-10(15)9-13;8-6-3-1-2-5(4-6)7(9)10;1-2/h4-9H2,1-3H3,(H,14,16);1-4H,8H2,(H2,9,10);2H2,1H3. The molecule has 0 aromatic heterocycles. The van der Waals surface area contributed by atoms with Gasteiger partial charge in [-0.15, -0.1) is 11.6 Å². The van der Waals surface area contributed by atoms with Gasteiger partial charge in [0.15, 0.2) is 0 Å². The van der Waals surface area contributed by atoms with E-state index >= 15 is 0 Å². The van der Waals surface area contributed by atoms with E-state index in [-0.39, 0.29) is 11.7 Å². The van der Waals surface area contributed by atoms with Gasteiger partial charge in [0.05, 0.1) is 5.88 Å². The van der Waals surface area contributed by atoms with Crippen molar-refractivity contribution in [3.05, 3.63) is 29.8 Å². The minimum atomic E-state index is -0.461. The topological polar surface area (TPSA) is 151 Å². The normalized spacial score (nSPS) is 9.86. The molecule has 1 rings (SSSR count). The van der Waals surface area contributed by atoms with Crippen LogP contribution in [0.15, 0.2) is 24.3 Å². The number of alkyl carbamates (subject to hydrolysis) is 1. The third kappa shape index (κ3) is 18.8. The number of nitrogen functional groups attached to an aromatic ring is 1. The van der Waals surface area contributed by atoms with Crippen LogP contribution < -0.4 is 22.5 Å². The Kier molecular flexibility index (Phi) is 16.6. The summed E-state index contributed by atoms with van der Waals surface area (Å²) in [6, 6.07) is 6.56. The number of alkyl halides is 1. The second-order valence-corrected chi connectivity index (χ2v) is 7.17. The monoisotopic (exact) mass is 430 g/mol. The summed E-state index contributed by atoms with van der Waals surface area (Å²) in [6.45, 7) is 6.04. The summed E-state index contributed by atoms with van der Waals surface area (Å²) < 4.78 is 5.08. The summed E-state index contributed by atoms with van der Waals surface area (Å²) in [6.07, 6.45) is 2.69. The Morgan fingerprint density at radius 3 is 2.17 bits per heavy atom. The fourth-order valence-electron chi connectivity index (χ4n) is 1.89. The van der Waals surface area contributed by atoms with Gasteiger partial charge in [0.2, 0.25) is 5.91 Å². The maximum atomic E-state index is 11.2. The second kappa shape index (κ2) is 16.6. The lowest BCUT2D eigenvalue weighted by Crippen LogP contribution is -2.32. The number of Topliss-reactive ketones (excluding diaryl/α,β-unsaturated/α-hetero) is 1. The molecule has 0 heterocycles. The summed E-state index contributed by atoms with van der Waals surface area (Å²) in [4.78, 5) is 32.6.